The van der Waals surface area contributed by atoms with Crippen molar-refractivity contribution >= 4 is 11.5 Å². The van der Waals surface area contributed by atoms with Crippen molar-refractivity contribution < 1.29 is 4.79 Å². The van der Waals surface area contributed by atoms with Crippen molar-refractivity contribution in [1.82, 2.24) is 15.1 Å². The van der Waals surface area contributed by atoms with E-state index in [4.69, 9.17) is 5.10 Å². The van der Waals surface area contributed by atoms with Gasteiger partial charge >= 0.3 is 0 Å². The second kappa shape index (κ2) is 7.72. The van der Waals surface area contributed by atoms with Gasteiger partial charge in [0, 0.05) is 39.7 Å². The van der Waals surface area contributed by atoms with Gasteiger partial charge in [0.2, 0.25) is 0 Å². The van der Waals surface area contributed by atoms with Crippen LogP contribution in [-0.4, -0.2) is 15.6 Å². The van der Waals surface area contributed by atoms with E-state index in [2.05, 4.69) is 11.4 Å². The van der Waals surface area contributed by atoms with Gasteiger partial charge in [-0.1, -0.05) is 72.8 Å². The number of allylic oxidation sites excluding steroid dienone is 3. The quantitative estimate of drug-likeness (QED) is 0.448. The molecular weight excluding hydrogens is 420 g/mol. The number of hydrogen-bond acceptors (Lipinski definition) is 4. The Kier molecular flexibility index (Phi) is 4.53. The molecule has 1 N–H and O–H groups in total. The minimum Gasteiger partial charge on any atom is -0.357 e. The van der Waals surface area contributed by atoms with Crippen LogP contribution in [0, 0.1) is 11.3 Å². The highest BCUT2D eigenvalue weighted by molar-refractivity contribution is 6.22. The van der Waals surface area contributed by atoms with E-state index >= 15 is 0 Å². The van der Waals surface area contributed by atoms with Gasteiger partial charge in [-0.3, -0.25) is 4.79 Å². The van der Waals surface area contributed by atoms with E-state index in [1.807, 2.05) is 103 Å². The fraction of sp³-hybridized carbons (Fsp3) is 0.0690. The Morgan fingerprint density at radius 2 is 1.56 bits per heavy atom. The van der Waals surface area contributed by atoms with Crippen LogP contribution >= 0.6 is 0 Å². The van der Waals surface area contributed by atoms with Crippen LogP contribution in [0.5, 0.6) is 0 Å². The van der Waals surface area contributed by atoms with Crippen LogP contribution in [0.2, 0.25) is 0 Å². The number of carbonyl (C=O) groups excluding carboxylic acids is 1. The first-order chi connectivity index (χ1) is 16.7. The zero-order chi connectivity index (χ0) is 23.2. The Labute approximate surface area is 197 Å². The number of fused-ring (bicyclic) bond motifs is 2. The molecule has 0 saturated heterocycles. The lowest BCUT2D eigenvalue weighted by atomic mass is 9.80. The van der Waals surface area contributed by atoms with Crippen LogP contribution in [-0.2, 0) is 0 Å². The van der Waals surface area contributed by atoms with Crippen molar-refractivity contribution in [2.75, 3.05) is 0 Å². The molecule has 0 spiro atoms. The summed E-state index contributed by atoms with van der Waals surface area (Å²) in [5.41, 5.74) is 7.65. The topological polar surface area (TPSA) is 70.7 Å². The number of hydrogen-bond donors (Lipinski definition) is 1. The smallest absolute Gasteiger partial charge is 0.192 e. The maximum Gasteiger partial charge on any atom is 0.192 e. The van der Waals surface area contributed by atoms with Gasteiger partial charge < -0.3 is 5.32 Å². The Bertz CT molecular complexity index is 1550. The molecule has 1 aliphatic heterocycles. The molecule has 2 aliphatic rings. The Morgan fingerprint density at radius 1 is 0.912 bits per heavy atom. The molecule has 1 atom stereocenters. The molecule has 6 rings (SSSR count). The summed E-state index contributed by atoms with van der Waals surface area (Å²) in [7, 11) is 0. The summed E-state index contributed by atoms with van der Waals surface area (Å²) in [6, 6.07) is 29.8. The minimum atomic E-state index is -0.520. The number of nitrogens with zero attached hydrogens (tertiary/aromatic N) is 3. The largest absolute Gasteiger partial charge is 0.357 e. The highest BCUT2D eigenvalue weighted by atomic mass is 16.1. The van der Waals surface area contributed by atoms with Crippen LogP contribution in [0.4, 0.5) is 0 Å². The maximum absolute atomic E-state index is 13.7. The first-order valence-electron chi connectivity index (χ1n) is 11.1. The maximum atomic E-state index is 13.7. The van der Waals surface area contributed by atoms with Crippen molar-refractivity contribution in [3.63, 3.8) is 0 Å². The van der Waals surface area contributed by atoms with Gasteiger partial charge in [0.1, 0.15) is 0 Å². The van der Waals surface area contributed by atoms with Crippen molar-refractivity contribution in [2.24, 2.45) is 0 Å². The molecule has 0 unspecified atom stereocenters. The predicted octanol–water partition coefficient (Wildman–Crippen LogP) is 5.63. The number of aromatic nitrogens is 2. The van der Waals surface area contributed by atoms with Crippen LogP contribution < -0.4 is 5.32 Å². The molecule has 5 nitrogen and oxygen atoms in total. The first-order valence-corrected chi connectivity index (χ1v) is 11.1. The summed E-state index contributed by atoms with van der Waals surface area (Å²) < 4.78 is 1.83. The number of benzene rings is 3. The average Bonchev–Trinajstić information content (AvgIpc) is 3.45. The van der Waals surface area contributed by atoms with E-state index < -0.39 is 5.92 Å². The first kappa shape index (κ1) is 20.0. The van der Waals surface area contributed by atoms with Gasteiger partial charge in [-0.15, -0.1) is 0 Å². The molecule has 0 saturated carbocycles. The van der Waals surface area contributed by atoms with Crippen molar-refractivity contribution in [1.29, 1.82) is 5.26 Å². The molecule has 2 heterocycles. The molecule has 0 radical (unpaired) electrons. The molecule has 0 bridgehead atoms. The molecule has 162 valence electrons. The normalized spacial score (nSPS) is 16.7. The number of nitriles is 1. The highest BCUT2D eigenvalue weighted by Gasteiger charge is 2.42. The van der Waals surface area contributed by atoms with Crippen LogP contribution in [0.1, 0.15) is 34.3 Å². The number of rotatable bonds is 3. The number of para-hydroxylation sites is 1. The predicted molar refractivity (Wildman–Crippen MR) is 131 cm³/mol. The summed E-state index contributed by atoms with van der Waals surface area (Å²) in [6.45, 7) is 1.89. The van der Waals surface area contributed by atoms with E-state index in [1.54, 1.807) is 0 Å². The number of dihydropyridines is 1. The highest BCUT2D eigenvalue weighted by Crippen LogP contribution is 2.48. The lowest BCUT2D eigenvalue weighted by Gasteiger charge is -2.26. The van der Waals surface area contributed by atoms with Gasteiger partial charge in [0.05, 0.1) is 34.6 Å². The van der Waals surface area contributed by atoms with Crippen LogP contribution in [0.3, 0.4) is 0 Å². The summed E-state index contributed by atoms with van der Waals surface area (Å²) in [5, 5.41) is 18.5. The molecular formula is C29H20N4O. The van der Waals surface area contributed by atoms with Gasteiger partial charge in [-0.25, -0.2) is 4.68 Å². The van der Waals surface area contributed by atoms with E-state index in [0.717, 1.165) is 39.5 Å². The number of ketones is 1. The van der Waals surface area contributed by atoms with Gasteiger partial charge in [0.25, 0.3) is 0 Å². The second-order valence-electron chi connectivity index (χ2n) is 8.45. The molecule has 0 amide bonds. The monoisotopic (exact) mass is 440 g/mol. The van der Waals surface area contributed by atoms with Crippen molar-refractivity contribution in [3.05, 3.63) is 125 Å². The van der Waals surface area contributed by atoms with Gasteiger partial charge in [-0.2, -0.15) is 10.4 Å². The molecule has 0 fully saturated rings. The summed E-state index contributed by atoms with van der Waals surface area (Å²) >= 11 is 0. The lowest BCUT2D eigenvalue weighted by Crippen LogP contribution is -2.24. The molecule has 1 aliphatic carbocycles. The molecule has 34 heavy (non-hydrogen) atoms. The van der Waals surface area contributed by atoms with Crippen molar-refractivity contribution in [3.8, 4) is 23.0 Å². The zero-order valence-electron chi connectivity index (χ0n) is 18.5. The number of carbonyl (C=O) groups is 1. The standard InChI is InChI=1S/C29H20N4O/c1-18-23(16-30)25(26-28(31-18)21-14-8-9-15-22(21)29(26)34)24-17-33(20-12-6-3-7-13-20)32-27(24)19-10-4-2-5-11-19/h2-15,17,25,31H,1H3/t25-/m1/s1. The summed E-state index contributed by atoms with van der Waals surface area (Å²) in [5.74, 6) is -0.566. The number of nitrogens with one attached hydrogen (secondary N) is 1. The van der Waals surface area contributed by atoms with E-state index in [-0.39, 0.29) is 5.78 Å². The van der Waals surface area contributed by atoms with Crippen LogP contribution in [0.15, 0.2) is 108 Å². The van der Waals surface area contributed by atoms with E-state index in [1.165, 1.54) is 0 Å². The van der Waals surface area contributed by atoms with E-state index in [9.17, 15) is 10.1 Å². The van der Waals surface area contributed by atoms with Gasteiger partial charge in [0.15, 0.2) is 5.78 Å². The minimum absolute atomic E-state index is 0.0465. The fourth-order valence-electron chi connectivity index (χ4n) is 4.92. The molecule has 1 aromatic heterocycles. The molecule has 3 aromatic carbocycles. The Balaban J connectivity index is 1.62. The Hall–Kier alpha value is -4.69. The zero-order valence-corrected chi connectivity index (χ0v) is 18.5. The SMILES string of the molecule is CC1=C(C#N)[C@H](c2cn(-c3ccccc3)nc2-c2ccccc2)C2=C(N1)c1ccccc1C2=O. The lowest BCUT2D eigenvalue weighted by molar-refractivity contribution is 0.103. The third kappa shape index (κ3) is 2.93. The molecule has 4 aromatic rings. The Morgan fingerprint density at radius 3 is 2.26 bits per heavy atom. The average molecular weight is 441 g/mol. The van der Waals surface area contributed by atoms with Crippen LogP contribution in [0.25, 0.3) is 22.6 Å². The fourth-order valence-corrected chi connectivity index (χ4v) is 4.92. The number of Topliss-reactive ketones (excluding diaryl/α,β-unsaturated/α-hetero) is 1. The van der Waals surface area contributed by atoms with Crippen molar-refractivity contribution in [2.45, 2.75) is 12.8 Å². The summed E-state index contributed by atoms with van der Waals surface area (Å²) in [6.07, 6.45) is 1.96. The second-order valence-corrected chi connectivity index (χ2v) is 8.45. The summed E-state index contributed by atoms with van der Waals surface area (Å²) in [4.78, 5) is 13.7. The van der Waals surface area contributed by atoms with Gasteiger partial charge in [-0.05, 0) is 19.1 Å². The third-order valence-corrected chi connectivity index (χ3v) is 6.49. The van der Waals surface area contributed by atoms with E-state index in [0.29, 0.717) is 16.7 Å². The molecule has 5 heteroatoms. The third-order valence-electron chi connectivity index (χ3n) is 6.49.